The number of carbonyl (C=O) groups is 1. The van der Waals surface area contributed by atoms with E-state index < -0.39 is 4.92 Å². The molecule has 0 N–H and O–H groups in total. The van der Waals surface area contributed by atoms with Crippen molar-refractivity contribution in [1.82, 2.24) is 9.80 Å². The molecule has 0 atom stereocenters. The van der Waals surface area contributed by atoms with Crippen molar-refractivity contribution in [3.05, 3.63) is 68.7 Å². The van der Waals surface area contributed by atoms with Crippen molar-refractivity contribution in [2.45, 2.75) is 13.0 Å². The normalized spacial score (nSPS) is 15.1. The SMILES string of the molecule is COc1ccc(CN2CCCN(C(=O)c3cc(Cl)ccc3[N+](=O)[O-])CC2)cc1. The van der Waals surface area contributed by atoms with Crippen LogP contribution in [-0.4, -0.2) is 53.9 Å². The summed E-state index contributed by atoms with van der Waals surface area (Å²) in [7, 11) is 1.64. The number of methoxy groups -OCH3 is 1. The Morgan fingerprint density at radius 1 is 1.14 bits per heavy atom. The van der Waals surface area contributed by atoms with Crippen LogP contribution in [-0.2, 0) is 6.54 Å². The van der Waals surface area contributed by atoms with Crippen LogP contribution in [0.1, 0.15) is 22.3 Å². The first kappa shape index (κ1) is 20.1. The number of nitro groups is 1. The predicted molar refractivity (Wildman–Crippen MR) is 107 cm³/mol. The fourth-order valence-electron chi connectivity index (χ4n) is 3.33. The number of hydrogen-bond donors (Lipinski definition) is 0. The minimum atomic E-state index is -0.544. The number of hydrogen-bond acceptors (Lipinski definition) is 5. The molecular weight excluding hydrogens is 382 g/mol. The van der Waals surface area contributed by atoms with Crippen LogP contribution in [0.5, 0.6) is 5.75 Å². The lowest BCUT2D eigenvalue weighted by Crippen LogP contribution is -2.35. The van der Waals surface area contributed by atoms with E-state index >= 15 is 0 Å². The Morgan fingerprint density at radius 3 is 2.57 bits per heavy atom. The predicted octanol–water partition coefficient (Wildman–Crippen LogP) is 3.60. The van der Waals surface area contributed by atoms with E-state index in [0.29, 0.717) is 24.7 Å². The molecule has 1 fully saturated rings. The number of rotatable bonds is 5. The van der Waals surface area contributed by atoms with Gasteiger partial charge in [0, 0.05) is 43.8 Å². The van der Waals surface area contributed by atoms with Crippen molar-refractivity contribution < 1.29 is 14.5 Å². The average Bonchev–Trinajstić information content (AvgIpc) is 2.93. The lowest BCUT2D eigenvalue weighted by molar-refractivity contribution is -0.385. The van der Waals surface area contributed by atoms with Crippen molar-refractivity contribution in [2.75, 3.05) is 33.3 Å². The Morgan fingerprint density at radius 2 is 1.89 bits per heavy atom. The van der Waals surface area contributed by atoms with Gasteiger partial charge in [-0.05, 0) is 36.2 Å². The van der Waals surface area contributed by atoms with E-state index in [1.807, 2.05) is 24.3 Å². The monoisotopic (exact) mass is 403 g/mol. The third kappa shape index (κ3) is 4.79. The smallest absolute Gasteiger partial charge is 0.282 e. The van der Waals surface area contributed by atoms with Crippen LogP contribution in [0.2, 0.25) is 5.02 Å². The van der Waals surface area contributed by atoms with E-state index in [0.717, 1.165) is 25.3 Å². The Balaban J connectivity index is 1.67. The van der Waals surface area contributed by atoms with Gasteiger partial charge >= 0.3 is 0 Å². The number of amides is 1. The molecule has 1 aliphatic heterocycles. The van der Waals surface area contributed by atoms with Gasteiger partial charge in [0.2, 0.25) is 0 Å². The summed E-state index contributed by atoms with van der Waals surface area (Å²) < 4.78 is 5.18. The zero-order chi connectivity index (χ0) is 20.1. The second-order valence-corrected chi connectivity index (χ2v) is 7.12. The molecule has 0 spiro atoms. The maximum atomic E-state index is 12.9. The zero-order valence-electron chi connectivity index (χ0n) is 15.6. The molecule has 0 aromatic heterocycles. The van der Waals surface area contributed by atoms with Crippen molar-refractivity contribution in [3.63, 3.8) is 0 Å². The molecular formula is C20H22ClN3O4. The Hall–Kier alpha value is -2.64. The molecule has 1 heterocycles. The van der Waals surface area contributed by atoms with Gasteiger partial charge in [-0.2, -0.15) is 0 Å². The summed E-state index contributed by atoms with van der Waals surface area (Å²) in [4.78, 5) is 27.6. The van der Waals surface area contributed by atoms with E-state index in [1.54, 1.807) is 12.0 Å². The highest BCUT2D eigenvalue weighted by Crippen LogP contribution is 2.25. The molecule has 1 amide bonds. The molecule has 2 aromatic rings. The van der Waals surface area contributed by atoms with Crippen LogP contribution < -0.4 is 4.74 Å². The molecule has 7 nitrogen and oxygen atoms in total. The fourth-order valence-corrected chi connectivity index (χ4v) is 3.50. The Kier molecular flexibility index (Phi) is 6.49. The summed E-state index contributed by atoms with van der Waals surface area (Å²) >= 11 is 5.96. The van der Waals surface area contributed by atoms with Crippen molar-refractivity contribution in [3.8, 4) is 5.75 Å². The van der Waals surface area contributed by atoms with Crippen molar-refractivity contribution in [1.29, 1.82) is 0 Å². The molecule has 2 aromatic carbocycles. The van der Waals surface area contributed by atoms with Gasteiger partial charge in [-0.1, -0.05) is 23.7 Å². The van der Waals surface area contributed by atoms with E-state index in [4.69, 9.17) is 16.3 Å². The van der Waals surface area contributed by atoms with Gasteiger partial charge < -0.3 is 9.64 Å². The first-order valence-corrected chi connectivity index (χ1v) is 9.44. The number of ether oxygens (including phenoxy) is 1. The lowest BCUT2D eigenvalue weighted by atomic mass is 10.1. The molecule has 1 saturated heterocycles. The summed E-state index contributed by atoms with van der Waals surface area (Å²) in [6.45, 7) is 3.41. The van der Waals surface area contributed by atoms with Gasteiger partial charge in [-0.3, -0.25) is 19.8 Å². The third-order valence-corrected chi connectivity index (χ3v) is 5.06. The van der Waals surface area contributed by atoms with E-state index in [9.17, 15) is 14.9 Å². The Bertz CT molecular complexity index is 857. The van der Waals surface area contributed by atoms with E-state index in [1.165, 1.54) is 23.8 Å². The molecule has 0 saturated carbocycles. The summed E-state index contributed by atoms with van der Waals surface area (Å²) in [5, 5.41) is 11.6. The molecule has 148 valence electrons. The number of benzene rings is 2. The summed E-state index contributed by atoms with van der Waals surface area (Å²) in [6, 6.07) is 12.0. The van der Waals surface area contributed by atoms with Gasteiger partial charge in [-0.15, -0.1) is 0 Å². The number of carbonyl (C=O) groups excluding carboxylic acids is 1. The maximum absolute atomic E-state index is 12.9. The quantitative estimate of drug-likeness (QED) is 0.563. The van der Waals surface area contributed by atoms with Gasteiger partial charge in [-0.25, -0.2) is 0 Å². The minimum Gasteiger partial charge on any atom is -0.497 e. The summed E-state index contributed by atoms with van der Waals surface area (Å²) in [5.74, 6) is 0.472. The molecule has 28 heavy (non-hydrogen) atoms. The molecule has 3 rings (SSSR count). The number of halogens is 1. The summed E-state index contributed by atoms with van der Waals surface area (Å²) in [5.41, 5.74) is 1.00. The molecule has 0 radical (unpaired) electrons. The molecule has 1 aliphatic rings. The van der Waals surface area contributed by atoms with Crippen LogP contribution in [0, 0.1) is 10.1 Å². The standard InChI is InChI=1S/C20H22ClN3O4/c1-28-17-6-3-15(4-7-17)14-22-9-2-10-23(12-11-22)20(25)18-13-16(21)5-8-19(18)24(26)27/h3-8,13H,2,9-12,14H2,1H3. The van der Waals surface area contributed by atoms with Crippen molar-refractivity contribution >= 4 is 23.2 Å². The van der Waals surface area contributed by atoms with Gasteiger partial charge in [0.05, 0.1) is 12.0 Å². The Labute approximate surface area is 168 Å². The van der Waals surface area contributed by atoms with E-state index in [-0.39, 0.29) is 17.2 Å². The van der Waals surface area contributed by atoms with E-state index in [2.05, 4.69) is 4.90 Å². The lowest BCUT2D eigenvalue weighted by Gasteiger charge is -2.22. The summed E-state index contributed by atoms with van der Waals surface area (Å²) in [6.07, 6.45) is 0.802. The van der Waals surface area contributed by atoms with Crippen LogP contribution in [0.4, 0.5) is 5.69 Å². The highest BCUT2D eigenvalue weighted by Gasteiger charge is 2.26. The topological polar surface area (TPSA) is 75.9 Å². The van der Waals surface area contributed by atoms with Crippen LogP contribution in [0.25, 0.3) is 0 Å². The van der Waals surface area contributed by atoms with Gasteiger partial charge in [0.25, 0.3) is 11.6 Å². The second-order valence-electron chi connectivity index (χ2n) is 6.69. The maximum Gasteiger partial charge on any atom is 0.282 e. The highest BCUT2D eigenvalue weighted by molar-refractivity contribution is 6.31. The zero-order valence-corrected chi connectivity index (χ0v) is 16.4. The number of nitrogens with zero attached hydrogens (tertiary/aromatic N) is 3. The second kappa shape index (κ2) is 9.03. The van der Waals surface area contributed by atoms with Crippen molar-refractivity contribution in [2.24, 2.45) is 0 Å². The van der Waals surface area contributed by atoms with Gasteiger partial charge in [0.1, 0.15) is 11.3 Å². The van der Waals surface area contributed by atoms with Crippen LogP contribution in [0.15, 0.2) is 42.5 Å². The minimum absolute atomic E-state index is 0.0427. The average molecular weight is 404 g/mol. The van der Waals surface area contributed by atoms with Gasteiger partial charge in [0.15, 0.2) is 0 Å². The third-order valence-electron chi connectivity index (χ3n) is 4.83. The molecule has 0 bridgehead atoms. The molecule has 8 heteroatoms. The highest BCUT2D eigenvalue weighted by atomic mass is 35.5. The first-order valence-electron chi connectivity index (χ1n) is 9.06. The first-order chi connectivity index (χ1) is 13.5. The molecule has 0 unspecified atom stereocenters. The largest absolute Gasteiger partial charge is 0.497 e. The molecule has 0 aliphatic carbocycles. The fraction of sp³-hybridized carbons (Fsp3) is 0.350. The number of nitro benzene ring substituents is 1. The van der Waals surface area contributed by atoms with Crippen LogP contribution in [0.3, 0.4) is 0 Å². The van der Waals surface area contributed by atoms with Crippen LogP contribution >= 0.6 is 11.6 Å².